The van der Waals surface area contributed by atoms with Crippen LogP contribution in [-0.4, -0.2) is 38.3 Å². The monoisotopic (exact) mass is 313 g/mol. The number of ether oxygens (including phenoxy) is 3. The normalized spacial score (nSPS) is 12.1. The Morgan fingerprint density at radius 2 is 1.87 bits per heavy atom. The quantitative estimate of drug-likeness (QED) is 0.851. The maximum absolute atomic E-state index is 12.5. The standard InChI is InChI=1S/C18H19NO4/c1-19(10-9-13-3-6-15(21-2)7-4-13)18(20)14-5-8-16-17(11-14)23-12-22-16/h3-8,11H,9-10,12H2,1-2H3. The van der Waals surface area contributed by atoms with Crippen LogP contribution in [0, 0.1) is 0 Å². The minimum Gasteiger partial charge on any atom is -0.497 e. The summed E-state index contributed by atoms with van der Waals surface area (Å²) in [4.78, 5) is 14.2. The van der Waals surface area contributed by atoms with Gasteiger partial charge in [0.2, 0.25) is 6.79 Å². The minimum atomic E-state index is -0.0307. The van der Waals surface area contributed by atoms with Gasteiger partial charge in [-0.25, -0.2) is 0 Å². The molecule has 0 spiro atoms. The number of amides is 1. The van der Waals surface area contributed by atoms with Crippen LogP contribution in [0.5, 0.6) is 17.2 Å². The molecule has 2 aromatic rings. The lowest BCUT2D eigenvalue weighted by Crippen LogP contribution is -2.28. The largest absolute Gasteiger partial charge is 0.497 e. The molecular weight excluding hydrogens is 294 g/mol. The second-order valence-electron chi connectivity index (χ2n) is 5.39. The maximum Gasteiger partial charge on any atom is 0.253 e. The van der Waals surface area contributed by atoms with Gasteiger partial charge in [-0.3, -0.25) is 4.79 Å². The van der Waals surface area contributed by atoms with Crippen molar-refractivity contribution in [3.05, 3.63) is 53.6 Å². The van der Waals surface area contributed by atoms with Gasteiger partial charge in [0.05, 0.1) is 7.11 Å². The number of carbonyl (C=O) groups excluding carboxylic acids is 1. The lowest BCUT2D eigenvalue weighted by atomic mass is 10.1. The summed E-state index contributed by atoms with van der Waals surface area (Å²) in [5, 5.41) is 0. The third kappa shape index (κ3) is 3.39. The van der Waals surface area contributed by atoms with E-state index < -0.39 is 0 Å². The first-order valence-electron chi connectivity index (χ1n) is 7.45. The van der Waals surface area contributed by atoms with Crippen LogP contribution in [-0.2, 0) is 6.42 Å². The summed E-state index contributed by atoms with van der Waals surface area (Å²) in [6, 6.07) is 13.1. The Kier molecular flexibility index (Phi) is 4.37. The highest BCUT2D eigenvalue weighted by Crippen LogP contribution is 2.32. The molecule has 2 aromatic carbocycles. The molecule has 0 aromatic heterocycles. The fourth-order valence-electron chi connectivity index (χ4n) is 2.44. The van der Waals surface area contributed by atoms with Crippen molar-refractivity contribution < 1.29 is 19.0 Å². The van der Waals surface area contributed by atoms with E-state index in [2.05, 4.69) is 0 Å². The van der Waals surface area contributed by atoms with Crippen LogP contribution in [0.2, 0.25) is 0 Å². The molecule has 0 fully saturated rings. The Bertz CT molecular complexity index is 697. The zero-order valence-corrected chi connectivity index (χ0v) is 13.2. The Hall–Kier alpha value is -2.69. The second kappa shape index (κ2) is 6.60. The average molecular weight is 313 g/mol. The van der Waals surface area contributed by atoms with Crippen LogP contribution in [0.15, 0.2) is 42.5 Å². The van der Waals surface area contributed by atoms with Crippen LogP contribution < -0.4 is 14.2 Å². The molecule has 1 aliphatic heterocycles. The summed E-state index contributed by atoms with van der Waals surface area (Å²) >= 11 is 0. The van der Waals surface area contributed by atoms with Crippen molar-refractivity contribution in [2.75, 3.05) is 27.5 Å². The van der Waals surface area contributed by atoms with Gasteiger partial charge >= 0.3 is 0 Å². The number of carbonyl (C=O) groups is 1. The Balaban J connectivity index is 1.60. The fraction of sp³-hybridized carbons (Fsp3) is 0.278. The van der Waals surface area contributed by atoms with Gasteiger partial charge in [0.15, 0.2) is 11.5 Å². The van der Waals surface area contributed by atoms with E-state index in [0.29, 0.717) is 23.6 Å². The molecule has 0 atom stereocenters. The van der Waals surface area contributed by atoms with Crippen molar-refractivity contribution in [3.63, 3.8) is 0 Å². The van der Waals surface area contributed by atoms with E-state index in [0.717, 1.165) is 17.7 Å². The van der Waals surface area contributed by atoms with Crippen molar-refractivity contribution in [2.45, 2.75) is 6.42 Å². The number of fused-ring (bicyclic) bond motifs is 1. The first-order valence-corrected chi connectivity index (χ1v) is 7.45. The number of benzene rings is 2. The second-order valence-corrected chi connectivity index (χ2v) is 5.39. The molecule has 0 aliphatic carbocycles. The van der Waals surface area contributed by atoms with Gasteiger partial charge in [-0.1, -0.05) is 12.1 Å². The summed E-state index contributed by atoms with van der Waals surface area (Å²) < 4.78 is 15.7. The molecule has 23 heavy (non-hydrogen) atoms. The van der Waals surface area contributed by atoms with Crippen LogP contribution >= 0.6 is 0 Å². The van der Waals surface area contributed by atoms with Crippen molar-refractivity contribution in [1.82, 2.24) is 4.90 Å². The molecule has 0 N–H and O–H groups in total. The van der Waals surface area contributed by atoms with Gasteiger partial charge in [-0.2, -0.15) is 0 Å². The average Bonchev–Trinajstić information content (AvgIpc) is 3.07. The molecule has 5 heteroatoms. The van der Waals surface area contributed by atoms with Gasteiger partial charge in [0, 0.05) is 19.2 Å². The number of nitrogens with zero attached hydrogens (tertiary/aromatic N) is 1. The van der Waals surface area contributed by atoms with E-state index in [-0.39, 0.29) is 12.7 Å². The number of rotatable bonds is 5. The SMILES string of the molecule is COc1ccc(CCN(C)C(=O)c2ccc3c(c2)OCO3)cc1. The van der Waals surface area contributed by atoms with Crippen LogP contribution in [0.1, 0.15) is 15.9 Å². The van der Waals surface area contributed by atoms with E-state index >= 15 is 0 Å². The van der Waals surface area contributed by atoms with E-state index in [1.165, 1.54) is 0 Å². The Labute approximate surface area is 135 Å². The first-order chi connectivity index (χ1) is 11.2. The third-order valence-corrected chi connectivity index (χ3v) is 3.86. The van der Waals surface area contributed by atoms with Crippen molar-refractivity contribution in [3.8, 4) is 17.2 Å². The molecule has 3 rings (SSSR count). The fourth-order valence-corrected chi connectivity index (χ4v) is 2.44. The molecule has 0 radical (unpaired) electrons. The highest BCUT2D eigenvalue weighted by Gasteiger charge is 2.18. The maximum atomic E-state index is 12.5. The van der Waals surface area contributed by atoms with Crippen LogP contribution in [0.25, 0.3) is 0 Å². The molecule has 1 amide bonds. The van der Waals surface area contributed by atoms with E-state index in [1.807, 2.05) is 24.3 Å². The summed E-state index contributed by atoms with van der Waals surface area (Å²) in [6.45, 7) is 0.847. The van der Waals surface area contributed by atoms with Crippen molar-refractivity contribution in [2.24, 2.45) is 0 Å². The Morgan fingerprint density at radius 3 is 2.61 bits per heavy atom. The molecule has 5 nitrogen and oxygen atoms in total. The number of hydrogen-bond acceptors (Lipinski definition) is 4. The summed E-state index contributed by atoms with van der Waals surface area (Å²) in [5.74, 6) is 2.11. The van der Waals surface area contributed by atoms with Crippen LogP contribution in [0.3, 0.4) is 0 Å². The number of hydrogen-bond donors (Lipinski definition) is 0. The van der Waals surface area contributed by atoms with Gasteiger partial charge in [-0.15, -0.1) is 0 Å². The molecular formula is C18H19NO4. The number of methoxy groups -OCH3 is 1. The number of likely N-dealkylation sites (N-methyl/N-ethyl adjacent to an activating group) is 1. The zero-order valence-electron chi connectivity index (χ0n) is 13.2. The third-order valence-electron chi connectivity index (χ3n) is 3.86. The highest BCUT2D eigenvalue weighted by atomic mass is 16.7. The molecule has 0 saturated heterocycles. The Morgan fingerprint density at radius 1 is 1.13 bits per heavy atom. The first kappa shape index (κ1) is 15.2. The predicted octanol–water partition coefficient (Wildman–Crippen LogP) is 2.74. The molecule has 0 unspecified atom stereocenters. The minimum absolute atomic E-state index is 0.0307. The van der Waals surface area contributed by atoms with Crippen molar-refractivity contribution >= 4 is 5.91 Å². The predicted molar refractivity (Wildman–Crippen MR) is 86.2 cm³/mol. The van der Waals surface area contributed by atoms with Gasteiger partial charge in [0.1, 0.15) is 5.75 Å². The van der Waals surface area contributed by atoms with Gasteiger partial charge in [-0.05, 0) is 42.3 Å². The van der Waals surface area contributed by atoms with Crippen molar-refractivity contribution in [1.29, 1.82) is 0 Å². The molecule has 120 valence electrons. The van der Waals surface area contributed by atoms with Gasteiger partial charge in [0.25, 0.3) is 5.91 Å². The lowest BCUT2D eigenvalue weighted by molar-refractivity contribution is 0.0796. The van der Waals surface area contributed by atoms with E-state index in [4.69, 9.17) is 14.2 Å². The topological polar surface area (TPSA) is 48.0 Å². The molecule has 1 heterocycles. The molecule has 0 saturated carbocycles. The highest BCUT2D eigenvalue weighted by molar-refractivity contribution is 5.94. The summed E-state index contributed by atoms with van der Waals surface area (Å²) in [7, 11) is 3.45. The van der Waals surface area contributed by atoms with Gasteiger partial charge < -0.3 is 19.1 Å². The molecule has 1 aliphatic rings. The smallest absolute Gasteiger partial charge is 0.253 e. The summed E-state index contributed by atoms with van der Waals surface area (Å²) in [5.41, 5.74) is 1.77. The zero-order chi connectivity index (χ0) is 16.2. The van der Waals surface area contributed by atoms with E-state index in [1.54, 1.807) is 37.3 Å². The van der Waals surface area contributed by atoms with E-state index in [9.17, 15) is 4.79 Å². The lowest BCUT2D eigenvalue weighted by Gasteiger charge is -2.17. The summed E-state index contributed by atoms with van der Waals surface area (Å²) in [6.07, 6.45) is 0.788. The van der Waals surface area contributed by atoms with Crippen LogP contribution in [0.4, 0.5) is 0 Å². The molecule has 0 bridgehead atoms.